The Labute approximate surface area is 181 Å². The average molecular weight is 420 g/mol. The van der Waals surface area contributed by atoms with Crippen LogP contribution in [0.4, 0.5) is 4.39 Å². The molecule has 5 nitrogen and oxygen atoms in total. The first-order valence-corrected chi connectivity index (χ1v) is 10.0. The summed E-state index contributed by atoms with van der Waals surface area (Å²) in [4.78, 5) is 15.9. The number of benzene rings is 3. The molecule has 2 N–H and O–H groups in total. The Hall–Kier alpha value is -3.51. The molecule has 0 aliphatic rings. The first-order valence-electron chi connectivity index (χ1n) is 10.0. The van der Waals surface area contributed by atoms with Gasteiger partial charge in [-0.15, -0.1) is 0 Å². The number of halogens is 1. The van der Waals surface area contributed by atoms with Crippen molar-refractivity contribution < 1.29 is 19.1 Å². The van der Waals surface area contributed by atoms with Crippen molar-refractivity contribution in [2.75, 3.05) is 6.54 Å². The van der Waals surface area contributed by atoms with Gasteiger partial charge in [-0.3, -0.25) is 4.79 Å². The van der Waals surface area contributed by atoms with Crippen LogP contribution < -0.4 is 5.32 Å². The van der Waals surface area contributed by atoms with Crippen LogP contribution in [0.5, 0.6) is 0 Å². The van der Waals surface area contributed by atoms with Gasteiger partial charge in [0, 0.05) is 18.7 Å². The van der Waals surface area contributed by atoms with Crippen LogP contribution in [0.15, 0.2) is 78.0 Å². The molecule has 0 amide bonds. The monoisotopic (exact) mass is 420 g/mol. The third-order valence-electron chi connectivity index (χ3n) is 4.80. The van der Waals surface area contributed by atoms with E-state index >= 15 is 0 Å². The molecular formula is C25H25FN2O3. The van der Waals surface area contributed by atoms with Crippen LogP contribution in [0.25, 0.3) is 11.1 Å². The maximum Gasteiger partial charge on any atom is 0.304 e. The molecule has 160 valence electrons. The van der Waals surface area contributed by atoms with Crippen LogP contribution in [0.1, 0.15) is 30.0 Å². The lowest BCUT2D eigenvalue weighted by Crippen LogP contribution is -2.17. The Bertz CT molecular complexity index is 1030. The Morgan fingerprint density at radius 3 is 2.45 bits per heavy atom. The Balaban J connectivity index is 1.53. The molecule has 0 aromatic heterocycles. The number of hydrogen-bond donors (Lipinski definition) is 2. The molecular weight excluding hydrogens is 395 g/mol. The fourth-order valence-electron chi connectivity index (χ4n) is 3.02. The molecule has 0 aliphatic heterocycles. The van der Waals surface area contributed by atoms with Gasteiger partial charge < -0.3 is 15.3 Å². The Kier molecular flexibility index (Phi) is 7.90. The minimum Gasteiger partial charge on any atom is -0.481 e. The second-order valence-electron chi connectivity index (χ2n) is 7.14. The van der Waals surface area contributed by atoms with Crippen molar-refractivity contribution in [1.29, 1.82) is 0 Å². The predicted octanol–water partition coefficient (Wildman–Crippen LogP) is 5.00. The summed E-state index contributed by atoms with van der Waals surface area (Å²) >= 11 is 0. The van der Waals surface area contributed by atoms with Gasteiger partial charge in [-0.05, 0) is 35.2 Å². The maximum atomic E-state index is 14.4. The quantitative estimate of drug-likeness (QED) is 0.275. The van der Waals surface area contributed by atoms with Crippen LogP contribution in [-0.4, -0.2) is 23.3 Å². The van der Waals surface area contributed by atoms with Gasteiger partial charge in [0.1, 0.15) is 12.4 Å². The standard InChI is InChI=1S/C25H25FN2O3/c1-18(20-9-7-19(8-10-20)16-27-14-13-25(29)30)28-31-17-23-12-11-22(15-24(23)26)21-5-3-2-4-6-21/h2-12,15,27H,13-14,16-17H2,1H3,(H,29,30)/b28-18-. The summed E-state index contributed by atoms with van der Waals surface area (Å²) in [5.41, 5.74) is 4.85. The summed E-state index contributed by atoms with van der Waals surface area (Å²) < 4.78 is 14.4. The first-order chi connectivity index (χ1) is 15.0. The second-order valence-corrected chi connectivity index (χ2v) is 7.14. The SMILES string of the molecule is C/C(=N/OCc1ccc(-c2ccccc2)cc1F)c1ccc(CNCCC(=O)O)cc1. The lowest BCUT2D eigenvalue weighted by molar-refractivity contribution is -0.136. The zero-order valence-electron chi connectivity index (χ0n) is 17.3. The molecule has 31 heavy (non-hydrogen) atoms. The van der Waals surface area contributed by atoms with Crippen molar-refractivity contribution in [3.63, 3.8) is 0 Å². The first kappa shape index (κ1) is 22.2. The maximum absolute atomic E-state index is 14.4. The van der Waals surface area contributed by atoms with E-state index < -0.39 is 5.97 Å². The number of hydrogen-bond acceptors (Lipinski definition) is 4. The number of carbonyl (C=O) groups is 1. The second kappa shape index (κ2) is 11.0. The summed E-state index contributed by atoms with van der Waals surface area (Å²) in [6.45, 7) is 2.89. The largest absolute Gasteiger partial charge is 0.481 e. The fourth-order valence-corrected chi connectivity index (χ4v) is 3.02. The highest BCUT2D eigenvalue weighted by Crippen LogP contribution is 2.22. The molecule has 0 saturated carbocycles. The highest BCUT2D eigenvalue weighted by atomic mass is 19.1. The van der Waals surface area contributed by atoms with E-state index in [9.17, 15) is 9.18 Å². The predicted molar refractivity (Wildman–Crippen MR) is 119 cm³/mol. The van der Waals surface area contributed by atoms with Crippen molar-refractivity contribution in [2.45, 2.75) is 26.5 Å². The number of carboxylic acid groups (broad SMARTS) is 1. The molecule has 0 atom stereocenters. The zero-order valence-corrected chi connectivity index (χ0v) is 17.3. The zero-order chi connectivity index (χ0) is 22.1. The molecule has 0 bridgehead atoms. The molecule has 0 saturated heterocycles. The van der Waals surface area contributed by atoms with E-state index in [-0.39, 0.29) is 18.8 Å². The lowest BCUT2D eigenvalue weighted by Gasteiger charge is -2.07. The van der Waals surface area contributed by atoms with E-state index in [1.165, 1.54) is 6.07 Å². The van der Waals surface area contributed by atoms with Crippen LogP contribution in [0.2, 0.25) is 0 Å². The van der Waals surface area contributed by atoms with Crippen LogP contribution in [0.3, 0.4) is 0 Å². The van der Waals surface area contributed by atoms with Crippen molar-refractivity contribution in [3.05, 3.63) is 95.3 Å². The van der Waals surface area contributed by atoms with Crippen molar-refractivity contribution >= 4 is 11.7 Å². The molecule has 0 unspecified atom stereocenters. The van der Waals surface area contributed by atoms with E-state index in [4.69, 9.17) is 9.94 Å². The Morgan fingerprint density at radius 2 is 1.77 bits per heavy atom. The molecule has 0 fully saturated rings. The number of nitrogens with zero attached hydrogens (tertiary/aromatic N) is 1. The molecule has 0 aliphatic carbocycles. The van der Waals surface area contributed by atoms with Gasteiger partial charge in [0.25, 0.3) is 0 Å². The highest BCUT2D eigenvalue weighted by molar-refractivity contribution is 5.98. The number of aliphatic carboxylic acids is 1. The lowest BCUT2D eigenvalue weighted by atomic mass is 10.0. The topological polar surface area (TPSA) is 70.9 Å². The van der Waals surface area contributed by atoms with Crippen LogP contribution in [-0.2, 0) is 22.8 Å². The summed E-state index contributed by atoms with van der Waals surface area (Å²) in [7, 11) is 0. The summed E-state index contributed by atoms with van der Waals surface area (Å²) in [5.74, 6) is -1.14. The van der Waals surface area contributed by atoms with Gasteiger partial charge in [-0.1, -0.05) is 71.9 Å². The average Bonchev–Trinajstić information content (AvgIpc) is 2.78. The third kappa shape index (κ3) is 6.76. The normalized spacial score (nSPS) is 11.4. The van der Waals surface area contributed by atoms with Gasteiger partial charge in [0.15, 0.2) is 0 Å². The minimum absolute atomic E-state index is 0.0455. The molecule has 6 heteroatoms. The molecule has 0 radical (unpaired) electrons. The third-order valence-corrected chi connectivity index (χ3v) is 4.80. The molecule has 0 spiro atoms. The van der Waals surface area contributed by atoms with Crippen LogP contribution in [0, 0.1) is 5.82 Å². The van der Waals surface area contributed by atoms with E-state index in [0.717, 1.165) is 22.3 Å². The molecule has 3 aromatic carbocycles. The van der Waals surface area contributed by atoms with E-state index in [0.29, 0.717) is 24.4 Å². The number of nitrogens with one attached hydrogen (secondary N) is 1. The summed E-state index contributed by atoms with van der Waals surface area (Å²) in [5, 5.41) is 15.8. The fraction of sp³-hybridized carbons (Fsp3) is 0.200. The molecule has 3 rings (SSSR count). The van der Waals surface area contributed by atoms with Gasteiger partial charge >= 0.3 is 5.97 Å². The van der Waals surface area contributed by atoms with E-state index in [1.54, 1.807) is 6.07 Å². The van der Waals surface area contributed by atoms with E-state index in [1.807, 2.05) is 67.6 Å². The van der Waals surface area contributed by atoms with Crippen molar-refractivity contribution in [3.8, 4) is 11.1 Å². The number of oxime groups is 1. The van der Waals surface area contributed by atoms with Gasteiger partial charge in [0.2, 0.25) is 0 Å². The summed E-state index contributed by atoms with van der Waals surface area (Å²) in [6, 6.07) is 22.5. The van der Waals surface area contributed by atoms with Crippen molar-refractivity contribution in [1.82, 2.24) is 5.32 Å². The minimum atomic E-state index is -0.818. The van der Waals surface area contributed by atoms with Gasteiger partial charge in [-0.2, -0.15) is 0 Å². The highest BCUT2D eigenvalue weighted by Gasteiger charge is 2.06. The van der Waals surface area contributed by atoms with Gasteiger partial charge in [0.05, 0.1) is 12.1 Å². The molecule has 0 heterocycles. The van der Waals surface area contributed by atoms with Crippen molar-refractivity contribution in [2.24, 2.45) is 5.16 Å². The Morgan fingerprint density at radius 1 is 1.03 bits per heavy atom. The summed E-state index contributed by atoms with van der Waals surface area (Å²) in [6.07, 6.45) is 0.0940. The number of rotatable bonds is 10. The van der Waals surface area contributed by atoms with Crippen LogP contribution >= 0.6 is 0 Å². The number of carboxylic acids is 1. The molecule has 3 aromatic rings. The van der Waals surface area contributed by atoms with E-state index in [2.05, 4.69) is 10.5 Å². The smallest absolute Gasteiger partial charge is 0.304 e. The van der Waals surface area contributed by atoms with Gasteiger partial charge in [-0.25, -0.2) is 4.39 Å².